The molecule has 0 saturated heterocycles. The average Bonchev–Trinajstić information content (AvgIpc) is 3.16. The van der Waals surface area contributed by atoms with Crippen molar-refractivity contribution in [3.8, 4) is 11.5 Å². The van der Waals surface area contributed by atoms with Gasteiger partial charge in [0.25, 0.3) is 0 Å². The van der Waals surface area contributed by atoms with Crippen molar-refractivity contribution in [1.82, 2.24) is 4.90 Å². The van der Waals surface area contributed by atoms with E-state index >= 15 is 0 Å². The summed E-state index contributed by atoms with van der Waals surface area (Å²) in [7, 11) is 1.29. The summed E-state index contributed by atoms with van der Waals surface area (Å²) in [6.07, 6.45) is 3.74. The summed E-state index contributed by atoms with van der Waals surface area (Å²) < 4.78 is 40.2. The van der Waals surface area contributed by atoms with Gasteiger partial charge < -0.3 is 24.8 Å². The highest BCUT2D eigenvalue weighted by Crippen LogP contribution is 2.39. The number of carbonyl (C=O) groups is 2. The zero-order valence-corrected chi connectivity index (χ0v) is 16.8. The Morgan fingerprint density at radius 1 is 1.33 bits per heavy atom. The maximum atomic E-state index is 12.7. The maximum Gasteiger partial charge on any atom is 0.387 e. The van der Waals surface area contributed by atoms with Crippen LogP contribution in [-0.2, 0) is 14.3 Å². The smallest absolute Gasteiger partial charge is 0.387 e. The third-order valence-corrected chi connectivity index (χ3v) is 5.18. The number of halogens is 2. The van der Waals surface area contributed by atoms with Crippen LogP contribution in [0.15, 0.2) is 41.7 Å². The molecule has 0 radical (unpaired) electrons. The van der Waals surface area contributed by atoms with Gasteiger partial charge in [-0.1, -0.05) is 12.1 Å². The molecule has 9 heteroatoms. The van der Waals surface area contributed by atoms with Crippen molar-refractivity contribution in [2.45, 2.75) is 32.4 Å². The Bertz CT molecular complexity index is 884. The van der Waals surface area contributed by atoms with Crippen LogP contribution in [0.4, 0.5) is 8.78 Å². The third-order valence-electron chi connectivity index (χ3n) is 5.18. The molecule has 0 spiro atoms. The molecule has 2 N–H and O–H groups in total. The van der Waals surface area contributed by atoms with E-state index < -0.39 is 18.6 Å². The van der Waals surface area contributed by atoms with Crippen LogP contribution in [0, 0.1) is 5.92 Å². The van der Waals surface area contributed by atoms with Gasteiger partial charge in [0, 0.05) is 30.4 Å². The summed E-state index contributed by atoms with van der Waals surface area (Å²) in [5.41, 5.74) is 7.97. The lowest BCUT2D eigenvalue weighted by Gasteiger charge is -2.29. The minimum Gasteiger partial charge on any atom is -0.490 e. The zero-order valence-electron chi connectivity index (χ0n) is 16.8. The predicted molar refractivity (Wildman–Crippen MR) is 104 cm³/mol. The topological polar surface area (TPSA) is 91.1 Å². The standard InChI is InChI=1S/C21H24F2N2O5/c1-3-29-19-8-12(4-7-18(19)30-21(22)23)16(9-20(27)28-2)25-10-13-14(11-25)17(26)6-5-15(13)24/h4-5,7-8,10,14,16,21H,3,6,9,11,24H2,1-2H3. The number of hydrogen-bond donors (Lipinski definition) is 1. The van der Waals surface area contributed by atoms with Gasteiger partial charge in [-0.05, 0) is 24.6 Å². The second-order valence-corrected chi connectivity index (χ2v) is 6.98. The van der Waals surface area contributed by atoms with E-state index in [1.165, 1.54) is 13.2 Å². The van der Waals surface area contributed by atoms with Gasteiger partial charge in [0.05, 0.1) is 32.1 Å². The molecule has 7 nitrogen and oxygen atoms in total. The molecule has 2 aliphatic rings. The number of ketones is 1. The second-order valence-electron chi connectivity index (χ2n) is 6.98. The number of fused-ring (bicyclic) bond motifs is 1. The van der Waals surface area contributed by atoms with Gasteiger partial charge in [0.1, 0.15) is 5.78 Å². The van der Waals surface area contributed by atoms with Crippen molar-refractivity contribution in [2.75, 3.05) is 20.3 Å². The van der Waals surface area contributed by atoms with Gasteiger partial charge in [0.15, 0.2) is 11.5 Å². The summed E-state index contributed by atoms with van der Waals surface area (Å²) in [4.78, 5) is 26.3. The molecule has 30 heavy (non-hydrogen) atoms. The number of nitrogens with zero attached hydrogens (tertiary/aromatic N) is 1. The zero-order chi connectivity index (χ0) is 21.8. The Kier molecular flexibility index (Phi) is 6.59. The highest BCUT2D eigenvalue weighted by Gasteiger charge is 2.37. The van der Waals surface area contributed by atoms with Crippen LogP contribution in [0.25, 0.3) is 0 Å². The van der Waals surface area contributed by atoms with Crippen LogP contribution in [0.1, 0.15) is 31.4 Å². The predicted octanol–water partition coefficient (Wildman–Crippen LogP) is 2.92. The maximum absolute atomic E-state index is 12.7. The molecule has 1 aromatic carbocycles. The summed E-state index contributed by atoms with van der Waals surface area (Å²) in [6.45, 7) is -0.658. The summed E-state index contributed by atoms with van der Waals surface area (Å²) >= 11 is 0. The van der Waals surface area contributed by atoms with Gasteiger partial charge >= 0.3 is 12.6 Å². The molecule has 0 bridgehead atoms. The van der Waals surface area contributed by atoms with Gasteiger partial charge in [-0.15, -0.1) is 0 Å². The van der Waals surface area contributed by atoms with E-state index in [9.17, 15) is 18.4 Å². The van der Waals surface area contributed by atoms with Gasteiger partial charge in [-0.25, -0.2) is 0 Å². The number of esters is 1. The number of nitrogens with two attached hydrogens (primary N) is 1. The normalized spacial score (nSPS) is 19.2. The third kappa shape index (κ3) is 4.55. The number of ether oxygens (including phenoxy) is 3. The van der Waals surface area contributed by atoms with Crippen LogP contribution in [0.3, 0.4) is 0 Å². The Morgan fingerprint density at radius 3 is 2.73 bits per heavy atom. The number of methoxy groups -OCH3 is 1. The number of carbonyl (C=O) groups excluding carboxylic acids is 2. The van der Waals surface area contributed by atoms with Gasteiger partial charge in [0.2, 0.25) is 0 Å². The SMILES string of the molecule is CCOc1cc(C(CC(=O)OC)N2C=C3C(N)=CCC(=O)C3C2)ccc1OC(F)F. The molecule has 0 amide bonds. The number of rotatable bonds is 8. The average molecular weight is 422 g/mol. The van der Waals surface area contributed by atoms with Gasteiger partial charge in [-0.3, -0.25) is 9.59 Å². The Hall–Kier alpha value is -3.10. The highest BCUT2D eigenvalue weighted by atomic mass is 19.3. The molecule has 2 atom stereocenters. The first kappa shape index (κ1) is 21.6. The number of benzene rings is 1. The molecular weight excluding hydrogens is 398 g/mol. The van der Waals surface area contributed by atoms with E-state index in [1.54, 1.807) is 31.3 Å². The van der Waals surface area contributed by atoms with E-state index in [0.29, 0.717) is 17.8 Å². The van der Waals surface area contributed by atoms with Crippen LogP contribution < -0.4 is 15.2 Å². The molecule has 0 fully saturated rings. The number of allylic oxidation sites excluding steroid dienone is 2. The minimum atomic E-state index is -2.99. The lowest BCUT2D eigenvalue weighted by Crippen LogP contribution is -2.30. The molecular formula is C21H24F2N2O5. The first-order valence-corrected chi connectivity index (χ1v) is 9.58. The van der Waals surface area contributed by atoms with Crippen molar-refractivity contribution >= 4 is 11.8 Å². The molecule has 0 aromatic heterocycles. The highest BCUT2D eigenvalue weighted by molar-refractivity contribution is 5.89. The second kappa shape index (κ2) is 9.15. The molecule has 1 aliphatic heterocycles. The molecule has 1 aromatic rings. The van der Waals surface area contributed by atoms with Crippen LogP contribution in [0.5, 0.6) is 11.5 Å². The van der Waals surface area contributed by atoms with Crippen molar-refractivity contribution < 1.29 is 32.6 Å². The minimum absolute atomic E-state index is 0.00851. The molecule has 0 saturated carbocycles. The largest absolute Gasteiger partial charge is 0.490 e. The van der Waals surface area contributed by atoms with Crippen molar-refractivity contribution in [2.24, 2.45) is 11.7 Å². The van der Waals surface area contributed by atoms with Crippen LogP contribution in [0.2, 0.25) is 0 Å². The summed E-state index contributed by atoms with van der Waals surface area (Å²) in [5, 5.41) is 0. The number of hydrogen-bond acceptors (Lipinski definition) is 7. The fraction of sp³-hybridized carbons (Fsp3) is 0.429. The monoisotopic (exact) mass is 422 g/mol. The van der Waals surface area contributed by atoms with Crippen LogP contribution in [-0.4, -0.2) is 43.5 Å². The lowest BCUT2D eigenvalue weighted by atomic mass is 9.88. The van der Waals surface area contributed by atoms with Gasteiger partial charge in [-0.2, -0.15) is 8.78 Å². The van der Waals surface area contributed by atoms with Crippen molar-refractivity contribution in [3.05, 3.63) is 47.3 Å². The number of Topliss-reactive ketones (excluding diaryl/α,β-unsaturated/α-hetero) is 1. The van der Waals surface area contributed by atoms with Crippen molar-refractivity contribution in [3.63, 3.8) is 0 Å². The van der Waals surface area contributed by atoms with E-state index in [2.05, 4.69) is 4.74 Å². The fourth-order valence-electron chi connectivity index (χ4n) is 3.73. The van der Waals surface area contributed by atoms with E-state index in [0.717, 1.165) is 5.57 Å². The lowest BCUT2D eigenvalue weighted by molar-refractivity contribution is -0.141. The Morgan fingerprint density at radius 2 is 2.10 bits per heavy atom. The van der Waals surface area contributed by atoms with Crippen LogP contribution >= 0.6 is 0 Å². The molecule has 1 heterocycles. The summed E-state index contributed by atoms with van der Waals surface area (Å²) in [6, 6.07) is 4.04. The quantitative estimate of drug-likeness (QED) is 0.644. The molecule has 162 valence electrons. The first-order chi connectivity index (χ1) is 14.3. The van der Waals surface area contributed by atoms with Crippen molar-refractivity contribution in [1.29, 1.82) is 0 Å². The molecule has 3 rings (SSSR count). The van der Waals surface area contributed by atoms with E-state index in [-0.39, 0.29) is 42.6 Å². The Balaban J connectivity index is 1.97. The van der Waals surface area contributed by atoms with E-state index in [4.69, 9.17) is 15.2 Å². The fourth-order valence-corrected chi connectivity index (χ4v) is 3.73. The first-order valence-electron chi connectivity index (χ1n) is 9.58. The van der Waals surface area contributed by atoms with E-state index in [1.807, 2.05) is 4.90 Å². The Labute approximate surface area is 173 Å². The summed E-state index contributed by atoms with van der Waals surface area (Å²) in [5.74, 6) is -0.699. The molecule has 2 unspecified atom stereocenters. The molecule has 1 aliphatic carbocycles. The number of alkyl halides is 2.